The van der Waals surface area contributed by atoms with Crippen molar-refractivity contribution in [1.82, 2.24) is 14.8 Å². The molecule has 0 bridgehead atoms. The van der Waals surface area contributed by atoms with Crippen molar-refractivity contribution in [3.05, 3.63) is 77.6 Å². The van der Waals surface area contributed by atoms with Crippen molar-refractivity contribution in [1.29, 1.82) is 0 Å². The van der Waals surface area contributed by atoms with Gasteiger partial charge in [0.25, 0.3) is 11.7 Å². The summed E-state index contributed by atoms with van der Waals surface area (Å²) in [6, 6.07) is 14.0. The molecule has 3 aromatic rings. The SMILES string of the molecule is CCN(CC)CCN1C(=O)C(=O)/C(=C(/O)c2ccc3cc(OC)ccc3c2)C1c1ccncc1. The van der Waals surface area contributed by atoms with Crippen LogP contribution in [0.2, 0.25) is 0 Å². The zero-order valence-corrected chi connectivity index (χ0v) is 19.7. The summed E-state index contributed by atoms with van der Waals surface area (Å²) in [5.41, 5.74) is 1.32. The van der Waals surface area contributed by atoms with E-state index in [0.29, 0.717) is 18.7 Å². The number of aromatic nitrogens is 1. The number of benzene rings is 2. The predicted molar refractivity (Wildman–Crippen MR) is 132 cm³/mol. The van der Waals surface area contributed by atoms with Crippen LogP contribution < -0.4 is 4.74 Å². The van der Waals surface area contributed by atoms with Gasteiger partial charge in [-0.2, -0.15) is 0 Å². The Hall–Kier alpha value is -3.71. The van der Waals surface area contributed by atoms with E-state index in [1.165, 1.54) is 0 Å². The number of hydrogen-bond acceptors (Lipinski definition) is 6. The molecule has 2 heterocycles. The maximum absolute atomic E-state index is 13.2. The lowest BCUT2D eigenvalue weighted by molar-refractivity contribution is -0.140. The average Bonchev–Trinajstić information content (AvgIpc) is 3.13. The number of amides is 1. The van der Waals surface area contributed by atoms with E-state index in [9.17, 15) is 14.7 Å². The summed E-state index contributed by atoms with van der Waals surface area (Å²) >= 11 is 0. The second kappa shape index (κ2) is 10.1. The Morgan fingerprint density at radius 1 is 1.03 bits per heavy atom. The van der Waals surface area contributed by atoms with Crippen LogP contribution in [0.1, 0.15) is 31.0 Å². The summed E-state index contributed by atoms with van der Waals surface area (Å²) in [6.07, 6.45) is 3.26. The van der Waals surface area contributed by atoms with Gasteiger partial charge in [0.1, 0.15) is 11.5 Å². The topological polar surface area (TPSA) is 83.0 Å². The number of Topliss-reactive ketones (excluding diaryl/α,β-unsaturated/α-hetero) is 1. The van der Waals surface area contributed by atoms with E-state index in [2.05, 4.69) is 23.7 Å². The Balaban J connectivity index is 1.79. The van der Waals surface area contributed by atoms with Crippen molar-refractivity contribution >= 4 is 28.2 Å². The molecule has 1 aliphatic heterocycles. The second-order valence-electron chi connectivity index (χ2n) is 8.23. The number of aliphatic hydroxyl groups is 1. The Morgan fingerprint density at radius 3 is 2.38 bits per heavy atom. The van der Waals surface area contributed by atoms with Crippen LogP contribution >= 0.6 is 0 Å². The Labute approximate surface area is 199 Å². The van der Waals surface area contributed by atoms with E-state index in [1.807, 2.05) is 30.3 Å². The fraction of sp³-hybridized carbons (Fsp3) is 0.296. The molecule has 0 radical (unpaired) electrons. The molecular formula is C27H29N3O4. The molecule has 7 nitrogen and oxygen atoms in total. The molecule has 176 valence electrons. The standard InChI is InChI=1S/C27H29N3O4/c1-4-29(5-2)14-15-30-24(18-10-12-28-13-11-18)23(26(32)27(30)33)25(31)21-7-6-20-17-22(34-3)9-8-19(20)16-21/h6-13,16-17,24,31H,4-5,14-15H2,1-3H3/b25-23+. The van der Waals surface area contributed by atoms with Crippen LogP contribution in [0, 0.1) is 0 Å². The summed E-state index contributed by atoms with van der Waals surface area (Å²) in [6.45, 7) is 6.85. The first-order chi connectivity index (χ1) is 16.5. The quantitative estimate of drug-likeness (QED) is 0.311. The molecule has 1 amide bonds. The van der Waals surface area contributed by atoms with Crippen LogP contribution in [-0.4, -0.2) is 64.9 Å². The summed E-state index contributed by atoms with van der Waals surface area (Å²) in [4.78, 5) is 34.1. The van der Waals surface area contributed by atoms with Crippen molar-refractivity contribution in [2.75, 3.05) is 33.3 Å². The highest BCUT2D eigenvalue weighted by molar-refractivity contribution is 6.46. The zero-order valence-electron chi connectivity index (χ0n) is 19.7. The van der Waals surface area contributed by atoms with Gasteiger partial charge in [0.15, 0.2) is 0 Å². The number of ether oxygens (including phenoxy) is 1. The van der Waals surface area contributed by atoms with Crippen molar-refractivity contribution < 1.29 is 19.4 Å². The molecule has 7 heteroatoms. The molecule has 1 N–H and O–H groups in total. The van der Waals surface area contributed by atoms with Gasteiger partial charge in [-0.3, -0.25) is 14.6 Å². The first-order valence-electron chi connectivity index (χ1n) is 11.5. The molecule has 34 heavy (non-hydrogen) atoms. The van der Waals surface area contributed by atoms with E-state index in [4.69, 9.17) is 4.74 Å². The zero-order chi connectivity index (χ0) is 24.2. The number of fused-ring (bicyclic) bond motifs is 1. The number of likely N-dealkylation sites (tertiary alicyclic amines) is 1. The lowest BCUT2D eigenvalue weighted by Gasteiger charge is -2.28. The van der Waals surface area contributed by atoms with Gasteiger partial charge in [0, 0.05) is 31.0 Å². The number of ketones is 1. The molecule has 2 aromatic carbocycles. The van der Waals surface area contributed by atoms with E-state index in [1.54, 1.807) is 42.6 Å². The molecule has 0 spiro atoms. The predicted octanol–water partition coefficient (Wildman–Crippen LogP) is 4.01. The molecule has 4 rings (SSSR count). The third kappa shape index (κ3) is 4.39. The van der Waals surface area contributed by atoms with E-state index >= 15 is 0 Å². The minimum Gasteiger partial charge on any atom is -0.507 e. The first kappa shape index (κ1) is 23.4. The highest BCUT2D eigenvalue weighted by atomic mass is 16.5. The minimum atomic E-state index is -0.676. The molecule has 1 aliphatic rings. The summed E-state index contributed by atoms with van der Waals surface area (Å²) in [7, 11) is 1.61. The number of carbonyl (C=O) groups excluding carboxylic acids is 2. The Bertz CT molecular complexity index is 1240. The van der Waals surface area contributed by atoms with E-state index in [0.717, 1.165) is 35.2 Å². The highest BCUT2D eigenvalue weighted by Crippen LogP contribution is 2.39. The van der Waals surface area contributed by atoms with Gasteiger partial charge >= 0.3 is 0 Å². The number of carbonyl (C=O) groups is 2. The second-order valence-corrected chi connectivity index (χ2v) is 8.23. The molecular weight excluding hydrogens is 430 g/mol. The lowest BCUT2D eigenvalue weighted by atomic mass is 9.95. The van der Waals surface area contributed by atoms with Gasteiger partial charge in [-0.05, 0) is 59.8 Å². The third-order valence-electron chi connectivity index (χ3n) is 6.43. The maximum atomic E-state index is 13.2. The largest absolute Gasteiger partial charge is 0.507 e. The first-order valence-corrected chi connectivity index (χ1v) is 11.5. The number of hydrogen-bond donors (Lipinski definition) is 1. The smallest absolute Gasteiger partial charge is 0.295 e. The molecule has 0 saturated carbocycles. The van der Waals surface area contributed by atoms with E-state index in [-0.39, 0.29) is 11.3 Å². The highest BCUT2D eigenvalue weighted by Gasteiger charge is 2.45. The molecule has 1 atom stereocenters. The Kier molecular flexibility index (Phi) is 6.93. The lowest BCUT2D eigenvalue weighted by Crippen LogP contribution is -2.38. The minimum absolute atomic E-state index is 0.101. The Morgan fingerprint density at radius 2 is 1.71 bits per heavy atom. The number of rotatable bonds is 8. The summed E-state index contributed by atoms with van der Waals surface area (Å²) < 4.78 is 5.28. The van der Waals surface area contributed by atoms with Gasteiger partial charge < -0.3 is 19.6 Å². The number of methoxy groups -OCH3 is 1. The van der Waals surface area contributed by atoms with E-state index < -0.39 is 17.7 Å². The van der Waals surface area contributed by atoms with Gasteiger partial charge in [-0.1, -0.05) is 32.0 Å². The molecule has 1 fully saturated rings. The van der Waals surface area contributed by atoms with Crippen LogP contribution in [-0.2, 0) is 9.59 Å². The van der Waals surface area contributed by atoms with Crippen molar-refractivity contribution in [2.24, 2.45) is 0 Å². The van der Waals surface area contributed by atoms with Gasteiger partial charge in [0.2, 0.25) is 0 Å². The molecule has 0 aliphatic carbocycles. The fourth-order valence-corrected chi connectivity index (χ4v) is 4.45. The normalized spacial score (nSPS) is 17.6. The maximum Gasteiger partial charge on any atom is 0.295 e. The number of aliphatic hydroxyl groups excluding tert-OH is 1. The molecule has 1 saturated heterocycles. The van der Waals surface area contributed by atoms with Gasteiger partial charge in [-0.25, -0.2) is 0 Å². The van der Waals surface area contributed by atoms with Gasteiger partial charge in [-0.15, -0.1) is 0 Å². The van der Waals surface area contributed by atoms with Crippen LogP contribution in [0.25, 0.3) is 16.5 Å². The van der Waals surface area contributed by atoms with Crippen LogP contribution in [0.5, 0.6) is 5.75 Å². The van der Waals surface area contributed by atoms with Crippen LogP contribution in [0.3, 0.4) is 0 Å². The average molecular weight is 460 g/mol. The number of likely N-dealkylation sites (N-methyl/N-ethyl adjacent to an activating group) is 1. The number of pyridine rings is 1. The summed E-state index contributed by atoms with van der Waals surface area (Å²) in [5.74, 6) is -0.709. The molecule has 1 aromatic heterocycles. The van der Waals surface area contributed by atoms with Crippen molar-refractivity contribution in [3.63, 3.8) is 0 Å². The van der Waals surface area contributed by atoms with Crippen molar-refractivity contribution in [2.45, 2.75) is 19.9 Å². The fourth-order valence-electron chi connectivity index (χ4n) is 4.45. The molecule has 1 unspecified atom stereocenters. The number of nitrogens with zero attached hydrogens (tertiary/aromatic N) is 3. The van der Waals surface area contributed by atoms with Crippen molar-refractivity contribution in [3.8, 4) is 5.75 Å². The third-order valence-corrected chi connectivity index (χ3v) is 6.43. The van der Waals surface area contributed by atoms with Gasteiger partial charge in [0.05, 0.1) is 18.7 Å². The van der Waals surface area contributed by atoms with Crippen LogP contribution in [0.15, 0.2) is 66.5 Å². The monoisotopic (exact) mass is 459 g/mol. The summed E-state index contributed by atoms with van der Waals surface area (Å²) in [5, 5.41) is 13.2. The van der Waals surface area contributed by atoms with Crippen LogP contribution in [0.4, 0.5) is 0 Å².